The molecule has 0 spiro atoms. The molecule has 2 N–H and O–H groups in total. The third-order valence-electron chi connectivity index (χ3n) is 4.07. The van der Waals surface area contributed by atoms with Crippen molar-refractivity contribution in [3.05, 3.63) is 0 Å². The second-order valence-electron chi connectivity index (χ2n) is 6.26. The van der Waals surface area contributed by atoms with Gasteiger partial charge < -0.3 is 10.2 Å². The Morgan fingerprint density at radius 2 is 1.19 bits per heavy atom. The molecule has 0 aromatic heterocycles. The van der Waals surface area contributed by atoms with E-state index in [0.29, 0.717) is 6.42 Å². The number of hydrogen-bond donors (Lipinski definition) is 2. The van der Waals surface area contributed by atoms with E-state index in [0.717, 1.165) is 38.5 Å². The van der Waals surface area contributed by atoms with Crippen molar-refractivity contribution < 1.29 is 15.0 Å². The molecule has 3 heteroatoms. The molecule has 0 radical (unpaired) electrons. The molecule has 21 heavy (non-hydrogen) atoms. The fourth-order valence-electron chi connectivity index (χ4n) is 2.67. The minimum absolute atomic E-state index is 0.108. The quantitative estimate of drug-likeness (QED) is 0.380. The molecule has 3 nitrogen and oxygen atoms in total. The first-order valence-corrected chi connectivity index (χ1v) is 9.06. The van der Waals surface area contributed by atoms with E-state index in [4.69, 9.17) is 5.11 Å². The number of unbranched alkanes of at least 4 members (excludes halogenated alkanes) is 10. The number of aliphatic carboxylic acids is 1. The van der Waals surface area contributed by atoms with Crippen LogP contribution in [0.3, 0.4) is 0 Å². The highest BCUT2D eigenvalue weighted by Crippen LogP contribution is 2.14. The van der Waals surface area contributed by atoms with E-state index in [-0.39, 0.29) is 6.10 Å². The molecule has 0 saturated carbocycles. The average Bonchev–Trinajstić information content (AvgIpc) is 2.45. The largest absolute Gasteiger partial charge is 0.481 e. The fourth-order valence-corrected chi connectivity index (χ4v) is 2.67. The second kappa shape index (κ2) is 15.8. The summed E-state index contributed by atoms with van der Waals surface area (Å²) in [4.78, 5) is 10.3. The van der Waals surface area contributed by atoms with Crippen LogP contribution in [0.4, 0.5) is 0 Å². The molecule has 0 heterocycles. The normalized spacial score (nSPS) is 12.5. The molecule has 0 aliphatic rings. The molecule has 0 bridgehead atoms. The summed E-state index contributed by atoms with van der Waals surface area (Å²) in [7, 11) is 0. The standard InChI is InChI=1S/C18H36O3/c1-2-3-4-5-8-11-14-17(19)15-12-9-6-7-10-13-16-18(20)21/h17,19H,2-16H2,1H3,(H,20,21). The van der Waals surface area contributed by atoms with E-state index in [9.17, 15) is 9.90 Å². The Kier molecular flexibility index (Phi) is 15.4. The second-order valence-corrected chi connectivity index (χ2v) is 6.26. The summed E-state index contributed by atoms with van der Waals surface area (Å²) in [5.41, 5.74) is 0. The summed E-state index contributed by atoms with van der Waals surface area (Å²) in [6.45, 7) is 2.23. The van der Waals surface area contributed by atoms with Gasteiger partial charge in [0.25, 0.3) is 0 Å². The third-order valence-corrected chi connectivity index (χ3v) is 4.07. The van der Waals surface area contributed by atoms with Crippen LogP contribution in [-0.4, -0.2) is 22.3 Å². The van der Waals surface area contributed by atoms with E-state index in [1.807, 2.05) is 0 Å². The number of rotatable bonds is 16. The molecular formula is C18H36O3. The first-order valence-electron chi connectivity index (χ1n) is 9.06. The molecule has 126 valence electrons. The summed E-state index contributed by atoms with van der Waals surface area (Å²) in [5.74, 6) is -0.687. The van der Waals surface area contributed by atoms with Gasteiger partial charge in [0.2, 0.25) is 0 Å². The van der Waals surface area contributed by atoms with Gasteiger partial charge in [-0.3, -0.25) is 4.79 Å². The maximum absolute atomic E-state index is 10.3. The van der Waals surface area contributed by atoms with Crippen LogP contribution in [0.25, 0.3) is 0 Å². The van der Waals surface area contributed by atoms with Crippen LogP contribution in [0.2, 0.25) is 0 Å². The van der Waals surface area contributed by atoms with Crippen LogP contribution in [0, 0.1) is 0 Å². The first kappa shape index (κ1) is 20.4. The summed E-state index contributed by atoms with van der Waals surface area (Å²) in [5, 5.41) is 18.4. The van der Waals surface area contributed by atoms with Crippen LogP contribution >= 0.6 is 0 Å². The lowest BCUT2D eigenvalue weighted by Gasteiger charge is -2.10. The average molecular weight is 300 g/mol. The minimum Gasteiger partial charge on any atom is -0.481 e. The Morgan fingerprint density at radius 1 is 0.762 bits per heavy atom. The Balaban J connectivity index is 3.15. The number of aliphatic hydroxyl groups excluding tert-OH is 1. The summed E-state index contributed by atoms with van der Waals surface area (Å²) in [6.07, 6.45) is 16.2. The molecule has 1 atom stereocenters. The van der Waals surface area contributed by atoms with Gasteiger partial charge in [0, 0.05) is 6.42 Å². The Morgan fingerprint density at radius 3 is 1.67 bits per heavy atom. The maximum atomic E-state index is 10.3. The van der Waals surface area contributed by atoms with Gasteiger partial charge in [-0.15, -0.1) is 0 Å². The van der Waals surface area contributed by atoms with Crippen LogP contribution in [0.5, 0.6) is 0 Å². The highest BCUT2D eigenvalue weighted by molar-refractivity contribution is 5.66. The van der Waals surface area contributed by atoms with E-state index < -0.39 is 5.97 Å². The highest BCUT2D eigenvalue weighted by Gasteiger charge is 2.03. The lowest BCUT2D eigenvalue weighted by molar-refractivity contribution is -0.137. The molecule has 0 saturated heterocycles. The van der Waals surface area contributed by atoms with Crippen molar-refractivity contribution in [1.29, 1.82) is 0 Å². The molecular weight excluding hydrogens is 264 g/mol. The van der Waals surface area contributed by atoms with Gasteiger partial charge in [-0.1, -0.05) is 77.6 Å². The van der Waals surface area contributed by atoms with E-state index in [1.165, 1.54) is 51.4 Å². The third kappa shape index (κ3) is 17.4. The summed E-state index contributed by atoms with van der Waals surface area (Å²) >= 11 is 0. The van der Waals surface area contributed by atoms with Crippen LogP contribution < -0.4 is 0 Å². The lowest BCUT2D eigenvalue weighted by atomic mass is 10.0. The van der Waals surface area contributed by atoms with Crippen LogP contribution in [0.1, 0.15) is 103 Å². The Hall–Kier alpha value is -0.570. The summed E-state index contributed by atoms with van der Waals surface area (Å²) in [6, 6.07) is 0. The Labute approximate surface area is 131 Å². The van der Waals surface area contributed by atoms with Gasteiger partial charge >= 0.3 is 5.97 Å². The van der Waals surface area contributed by atoms with Gasteiger partial charge in [0.1, 0.15) is 0 Å². The van der Waals surface area contributed by atoms with E-state index >= 15 is 0 Å². The molecule has 0 rings (SSSR count). The van der Waals surface area contributed by atoms with Crippen molar-refractivity contribution in [3.8, 4) is 0 Å². The molecule has 0 aliphatic heterocycles. The van der Waals surface area contributed by atoms with Crippen molar-refractivity contribution in [2.24, 2.45) is 0 Å². The smallest absolute Gasteiger partial charge is 0.303 e. The number of carboxylic acids is 1. The van der Waals surface area contributed by atoms with Crippen molar-refractivity contribution in [2.75, 3.05) is 0 Å². The zero-order chi connectivity index (χ0) is 15.8. The predicted molar refractivity (Wildman–Crippen MR) is 88.6 cm³/mol. The van der Waals surface area contributed by atoms with Crippen molar-refractivity contribution in [1.82, 2.24) is 0 Å². The van der Waals surface area contributed by atoms with E-state index in [2.05, 4.69) is 6.92 Å². The first-order chi connectivity index (χ1) is 10.2. The fraction of sp³-hybridized carbons (Fsp3) is 0.944. The summed E-state index contributed by atoms with van der Waals surface area (Å²) < 4.78 is 0. The number of carbonyl (C=O) groups is 1. The van der Waals surface area contributed by atoms with Crippen LogP contribution in [-0.2, 0) is 4.79 Å². The molecule has 0 amide bonds. The number of carboxylic acid groups (broad SMARTS) is 1. The molecule has 0 aliphatic carbocycles. The predicted octanol–water partition coefficient (Wildman–Crippen LogP) is 5.30. The van der Waals surface area contributed by atoms with Gasteiger partial charge in [-0.05, 0) is 19.3 Å². The van der Waals surface area contributed by atoms with Gasteiger partial charge in [0.15, 0.2) is 0 Å². The molecule has 0 aromatic rings. The van der Waals surface area contributed by atoms with Crippen molar-refractivity contribution in [3.63, 3.8) is 0 Å². The minimum atomic E-state index is -0.687. The zero-order valence-electron chi connectivity index (χ0n) is 14.0. The van der Waals surface area contributed by atoms with Gasteiger partial charge in [-0.25, -0.2) is 0 Å². The topological polar surface area (TPSA) is 57.5 Å². The highest BCUT2D eigenvalue weighted by atomic mass is 16.4. The molecule has 0 fully saturated rings. The monoisotopic (exact) mass is 300 g/mol. The van der Waals surface area contributed by atoms with Gasteiger partial charge in [0.05, 0.1) is 6.10 Å². The van der Waals surface area contributed by atoms with E-state index in [1.54, 1.807) is 0 Å². The Bertz CT molecular complexity index is 229. The zero-order valence-corrected chi connectivity index (χ0v) is 14.0. The van der Waals surface area contributed by atoms with Gasteiger partial charge in [-0.2, -0.15) is 0 Å². The lowest BCUT2D eigenvalue weighted by Crippen LogP contribution is -2.05. The molecule has 0 aromatic carbocycles. The van der Waals surface area contributed by atoms with Crippen molar-refractivity contribution >= 4 is 5.97 Å². The van der Waals surface area contributed by atoms with Crippen molar-refractivity contribution in [2.45, 2.75) is 109 Å². The maximum Gasteiger partial charge on any atom is 0.303 e. The molecule has 1 unspecified atom stereocenters. The SMILES string of the molecule is CCCCCCCCC(O)CCCCCCCCC(=O)O. The number of aliphatic hydroxyl groups is 1. The number of hydrogen-bond acceptors (Lipinski definition) is 2. The van der Waals surface area contributed by atoms with Crippen LogP contribution in [0.15, 0.2) is 0 Å².